The number of Topliss-reactive ketones (excluding diaryl/α,β-unsaturated/α-hetero) is 1. The number of allylic oxidation sites excluding steroid dienone is 1. The van der Waals surface area contributed by atoms with Crippen molar-refractivity contribution in [3.8, 4) is 0 Å². The van der Waals surface area contributed by atoms with Crippen LogP contribution in [0.15, 0.2) is 66.2 Å². The van der Waals surface area contributed by atoms with Gasteiger partial charge in [0.05, 0.1) is 6.04 Å². The number of fused-ring (bicyclic) bond motifs is 4. The molecule has 152 valence electrons. The van der Waals surface area contributed by atoms with Crippen molar-refractivity contribution >= 4 is 27.8 Å². The fourth-order valence-electron chi connectivity index (χ4n) is 5.16. The molecule has 2 nitrogen and oxygen atoms in total. The monoisotopic (exact) mass is 395 g/mol. The maximum absolute atomic E-state index is 13.5. The third kappa shape index (κ3) is 3.06. The first kappa shape index (κ1) is 19.1. The summed E-state index contributed by atoms with van der Waals surface area (Å²) in [5, 5.41) is 6.19. The van der Waals surface area contributed by atoms with E-state index in [1.807, 2.05) is 0 Å². The quantitative estimate of drug-likeness (QED) is 0.494. The molecule has 0 unspecified atom stereocenters. The molecule has 0 bridgehead atoms. The molecule has 0 fully saturated rings. The van der Waals surface area contributed by atoms with Gasteiger partial charge < -0.3 is 5.32 Å². The minimum atomic E-state index is -0.0847. The van der Waals surface area contributed by atoms with Gasteiger partial charge in [0.25, 0.3) is 0 Å². The fourth-order valence-corrected chi connectivity index (χ4v) is 5.16. The van der Waals surface area contributed by atoms with Crippen molar-refractivity contribution in [3.05, 3.63) is 82.9 Å². The summed E-state index contributed by atoms with van der Waals surface area (Å²) in [4.78, 5) is 13.5. The summed E-state index contributed by atoms with van der Waals surface area (Å²) in [7, 11) is 0. The molecule has 0 amide bonds. The first-order chi connectivity index (χ1) is 14.3. The summed E-state index contributed by atoms with van der Waals surface area (Å²) >= 11 is 0. The molecule has 1 atom stereocenters. The molecule has 0 radical (unpaired) electrons. The predicted octanol–water partition coefficient (Wildman–Crippen LogP) is 7.27. The topological polar surface area (TPSA) is 29.1 Å². The van der Waals surface area contributed by atoms with Crippen LogP contribution in [-0.4, -0.2) is 5.78 Å². The molecule has 1 aliphatic carbocycles. The maximum Gasteiger partial charge on any atom is 0.162 e. The molecule has 2 aliphatic rings. The SMILES string of the molecule is CC(C)c1ccc([C@@H]2Nc3ccc4ccccc4c3C3=C2C(=O)CC(C)(C)C3)cc1. The van der Waals surface area contributed by atoms with Gasteiger partial charge in [-0.05, 0) is 51.3 Å². The second-order valence-electron chi connectivity index (χ2n) is 9.94. The highest BCUT2D eigenvalue weighted by atomic mass is 16.1. The molecule has 1 N–H and O–H groups in total. The van der Waals surface area contributed by atoms with Crippen LogP contribution in [0, 0.1) is 5.41 Å². The van der Waals surface area contributed by atoms with Gasteiger partial charge in [-0.15, -0.1) is 0 Å². The molecule has 30 heavy (non-hydrogen) atoms. The number of hydrogen-bond acceptors (Lipinski definition) is 2. The summed E-state index contributed by atoms with van der Waals surface area (Å²) < 4.78 is 0. The Morgan fingerprint density at radius 1 is 0.933 bits per heavy atom. The van der Waals surface area contributed by atoms with Crippen molar-refractivity contribution in [2.45, 2.75) is 52.5 Å². The van der Waals surface area contributed by atoms with Gasteiger partial charge in [-0.3, -0.25) is 4.79 Å². The second-order valence-corrected chi connectivity index (χ2v) is 9.94. The number of ketones is 1. The van der Waals surface area contributed by atoms with Crippen LogP contribution < -0.4 is 5.32 Å². The zero-order valence-corrected chi connectivity index (χ0v) is 18.3. The molecular formula is C28H29NO. The van der Waals surface area contributed by atoms with E-state index in [0.29, 0.717) is 12.3 Å². The van der Waals surface area contributed by atoms with Crippen LogP contribution in [0.5, 0.6) is 0 Å². The molecule has 3 aromatic rings. The van der Waals surface area contributed by atoms with Crippen molar-refractivity contribution in [2.75, 3.05) is 5.32 Å². The Bertz CT molecular complexity index is 1180. The van der Waals surface area contributed by atoms with E-state index in [2.05, 4.69) is 93.7 Å². The van der Waals surface area contributed by atoms with Gasteiger partial charge in [-0.2, -0.15) is 0 Å². The van der Waals surface area contributed by atoms with E-state index in [4.69, 9.17) is 0 Å². The van der Waals surface area contributed by atoms with Crippen LogP contribution in [0.3, 0.4) is 0 Å². The molecule has 2 heteroatoms. The van der Waals surface area contributed by atoms with Crippen molar-refractivity contribution < 1.29 is 4.79 Å². The minimum Gasteiger partial charge on any atom is -0.373 e. The summed E-state index contributed by atoms with van der Waals surface area (Å²) in [6.07, 6.45) is 1.53. The Labute approximate surface area is 179 Å². The van der Waals surface area contributed by atoms with Gasteiger partial charge >= 0.3 is 0 Å². The Balaban J connectivity index is 1.73. The van der Waals surface area contributed by atoms with Crippen LogP contribution >= 0.6 is 0 Å². The molecular weight excluding hydrogens is 366 g/mol. The number of carbonyl (C=O) groups is 1. The molecule has 0 saturated carbocycles. The van der Waals surface area contributed by atoms with Gasteiger partial charge in [-0.1, -0.05) is 82.3 Å². The first-order valence-electron chi connectivity index (χ1n) is 11.0. The summed E-state index contributed by atoms with van der Waals surface area (Å²) in [6, 6.07) is 21.6. The number of carbonyl (C=O) groups excluding carboxylic acids is 1. The number of benzene rings is 3. The minimum absolute atomic E-state index is 0.0203. The lowest BCUT2D eigenvalue weighted by atomic mass is 9.68. The largest absolute Gasteiger partial charge is 0.373 e. The van der Waals surface area contributed by atoms with E-state index in [-0.39, 0.29) is 17.2 Å². The van der Waals surface area contributed by atoms with E-state index in [0.717, 1.165) is 17.7 Å². The Morgan fingerprint density at radius 2 is 1.67 bits per heavy atom. The van der Waals surface area contributed by atoms with E-state index < -0.39 is 0 Å². The average Bonchev–Trinajstić information content (AvgIpc) is 2.72. The third-order valence-corrected chi connectivity index (χ3v) is 6.68. The number of nitrogens with one attached hydrogen (secondary N) is 1. The molecule has 1 aliphatic heterocycles. The van der Waals surface area contributed by atoms with Crippen LogP contribution in [0.25, 0.3) is 16.3 Å². The summed E-state index contributed by atoms with van der Waals surface area (Å²) in [5.41, 5.74) is 7.03. The highest BCUT2D eigenvalue weighted by Crippen LogP contribution is 2.52. The highest BCUT2D eigenvalue weighted by molar-refractivity contribution is 6.12. The van der Waals surface area contributed by atoms with Crippen LogP contribution in [0.2, 0.25) is 0 Å². The zero-order valence-electron chi connectivity index (χ0n) is 18.3. The number of hydrogen-bond donors (Lipinski definition) is 1. The predicted molar refractivity (Wildman–Crippen MR) is 126 cm³/mol. The molecule has 5 rings (SSSR count). The fraction of sp³-hybridized carbons (Fsp3) is 0.321. The summed E-state index contributed by atoms with van der Waals surface area (Å²) in [6.45, 7) is 8.85. The zero-order chi connectivity index (χ0) is 21.0. The van der Waals surface area contributed by atoms with Crippen molar-refractivity contribution in [2.24, 2.45) is 5.41 Å². The van der Waals surface area contributed by atoms with E-state index in [9.17, 15) is 4.79 Å². The van der Waals surface area contributed by atoms with Gasteiger partial charge in [-0.25, -0.2) is 0 Å². The average molecular weight is 396 g/mol. The van der Waals surface area contributed by atoms with Crippen molar-refractivity contribution in [1.82, 2.24) is 0 Å². The molecule has 0 aromatic heterocycles. The second kappa shape index (κ2) is 6.84. The lowest BCUT2D eigenvalue weighted by Gasteiger charge is -2.40. The first-order valence-corrected chi connectivity index (χ1v) is 11.0. The Hall–Kier alpha value is -2.87. The molecule has 0 spiro atoms. The van der Waals surface area contributed by atoms with E-state index in [1.165, 1.54) is 33.0 Å². The smallest absolute Gasteiger partial charge is 0.162 e. The van der Waals surface area contributed by atoms with Crippen LogP contribution in [0.4, 0.5) is 5.69 Å². The third-order valence-electron chi connectivity index (χ3n) is 6.68. The van der Waals surface area contributed by atoms with Gasteiger partial charge in [0.15, 0.2) is 5.78 Å². The van der Waals surface area contributed by atoms with Gasteiger partial charge in [0.1, 0.15) is 0 Å². The summed E-state index contributed by atoms with van der Waals surface area (Å²) in [5.74, 6) is 0.780. The normalized spacial score (nSPS) is 20.2. The lowest BCUT2D eigenvalue weighted by molar-refractivity contribution is -0.118. The van der Waals surface area contributed by atoms with E-state index >= 15 is 0 Å². The van der Waals surface area contributed by atoms with Gasteiger partial charge in [0.2, 0.25) is 0 Å². The Kier molecular flexibility index (Phi) is 4.36. The lowest BCUT2D eigenvalue weighted by Crippen LogP contribution is -2.33. The highest BCUT2D eigenvalue weighted by Gasteiger charge is 2.40. The molecule has 3 aromatic carbocycles. The number of rotatable bonds is 2. The maximum atomic E-state index is 13.5. The number of anilines is 1. The van der Waals surface area contributed by atoms with Crippen LogP contribution in [0.1, 0.15) is 69.2 Å². The van der Waals surface area contributed by atoms with Gasteiger partial charge in [0, 0.05) is 23.2 Å². The van der Waals surface area contributed by atoms with Crippen molar-refractivity contribution in [1.29, 1.82) is 0 Å². The Morgan fingerprint density at radius 3 is 2.40 bits per heavy atom. The standard InChI is InChI=1S/C28H29NO/c1-17(2)18-9-11-20(12-10-18)27-26-22(15-28(3,4)16-24(26)30)25-21-8-6-5-7-19(21)13-14-23(25)29-27/h5-14,17,27,29H,15-16H2,1-4H3/t27-/m0/s1. The molecule has 1 heterocycles. The van der Waals surface area contributed by atoms with Crippen LogP contribution in [-0.2, 0) is 4.79 Å². The van der Waals surface area contributed by atoms with Crippen molar-refractivity contribution in [3.63, 3.8) is 0 Å². The molecule has 0 saturated heterocycles. The van der Waals surface area contributed by atoms with E-state index in [1.54, 1.807) is 0 Å².